The van der Waals surface area contributed by atoms with Crippen molar-refractivity contribution in [3.05, 3.63) is 34.3 Å². The van der Waals surface area contributed by atoms with Crippen molar-refractivity contribution in [2.75, 3.05) is 0 Å². The molecule has 2 heteroatoms. The Balaban J connectivity index is 2.59. The van der Waals surface area contributed by atoms with Crippen LogP contribution in [-0.4, -0.2) is 0 Å². The van der Waals surface area contributed by atoms with E-state index in [2.05, 4.69) is 19.9 Å². The zero-order chi connectivity index (χ0) is 9.64. The zero-order valence-corrected chi connectivity index (χ0v) is 8.73. The molecule has 0 saturated carbocycles. The minimum Gasteiger partial charge on any atom is -0.324 e. The Morgan fingerprint density at radius 1 is 1.46 bits per heavy atom. The molecule has 0 heterocycles. The number of rotatable bonds is 0. The molecule has 1 aliphatic carbocycles. The van der Waals surface area contributed by atoms with Crippen molar-refractivity contribution in [1.82, 2.24) is 0 Å². The Labute approximate surface area is 83.9 Å². The van der Waals surface area contributed by atoms with Gasteiger partial charge < -0.3 is 5.73 Å². The summed E-state index contributed by atoms with van der Waals surface area (Å²) in [5, 5.41) is 0.784. The van der Waals surface area contributed by atoms with Crippen LogP contribution in [-0.2, 0) is 5.41 Å². The number of hydrogen-bond acceptors (Lipinski definition) is 1. The molecule has 2 rings (SSSR count). The Bertz CT molecular complexity index is 344. The highest BCUT2D eigenvalue weighted by Crippen LogP contribution is 2.43. The first-order chi connectivity index (χ1) is 6.00. The summed E-state index contributed by atoms with van der Waals surface area (Å²) in [6, 6.07) is 6.20. The van der Waals surface area contributed by atoms with E-state index in [0.717, 1.165) is 11.4 Å². The van der Waals surface area contributed by atoms with Crippen molar-refractivity contribution < 1.29 is 0 Å². The van der Waals surface area contributed by atoms with Gasteiger partial charge in [-0.2, -0.15) is 0 Å². The third kappa shape index (κ3) is 1.36. The number of nitrogens with two attached hydrogens (primary N) is 1. The third-order valence-corrected chi connectivity index (χ3v) is 3.11. The Morgan fingerprint density at radius 3 is 2.85 bits per heavy atom. The maximum absolute atomic E-state index is 6.03. The molecule has 0 spiro atoms. The van der Waals surface area contributed by atoms with Crippen LogP contribution in [0.4, 0.5) is 0 Å². The summed E-state index contributed by atoms with van der Waals surface area (Å²) in [7, 11) is 0. The second kappa shape index (κ2) is 2.73. The van der Waals surface area contributed by atoms with Crippen molar-refractivity contribution in [1.29, 1.82) is 0 Å². The average Bonchev–Trinajstić information content (AvgIpc) is 2.22. The summed E-state index contributed by atoms with van der Waals surface area (Å²) in [6.45, 7) is 4.46. The van der Waals surface area contributed by atoms with Gasteiger partial charge in [0.1, 0.15) is 0 Å². The first kappa shape index (κ1) is 9.04. The zero-order valence-electron chi connectivity index (χ0n) is 7.97. The predicted molar refractivity (Wildman–Crippen MR) is 56.0 cm³/mol. The van der Waals surface area contributed by atoms with Crippen molar-refractivity contribution in [3.63, 3.8) is 0 Å². The minimum absolute atomic E-state index is 0.156. The smallest absolute Gasteiger partial charge is 0.0409 e. The first-order valence-corrected chi connectivity index (χ1v) is 4.94. The lowest BCUT2D eigenvalue weighted by Crippen LogP contribution is -2.14. The number of halogens is 1. The van der Waals surface area contributed by atoms with Crippen LogP contribution in [0.5, 0.6) is 0 Å². The molecule has 0 aliphatic heterocycles. The van der Waals surface area contributed by atoms with Crippen molar-refractivity contribution in [3.8, 4) is 0 Å². The molecule has 0 radical (unpaired) electrons. The van der Waals surface area contributed by atoms with Gasteiger partial charge in [0, 0.05) is 11.1 Å². The highest BCUT2D eigenvalue weighted by Gasteiger charge is 2.34. The lowest BCUT2D eigenvalue weighted by molar-refractivity contribution is 0.481. The SMILES string of the molecule is CC1(C)C[C@@H](N)c2cc(Cl)ccc21. The van der Waals surface area contributed by atoms with E-state index in [-0.39, 0.29) is 11.5 Å². The molecule has 0 aromatic heterocycles. The second-order valence-corrected chi connectivity index (χ2v) is 4.86. The molecule has 1 aromatic carbocycles. The van der Waals surface area contributed by atoms with E-state index >= 15 is 0 Å². The third-order valence-electron chi connectivity index (χ3n) is 2.87. The van der Waals surface area contributed by atoms with Crippen molar-refractivity contribution in [2.45, 2.75) is 31.7 Å². The molecule has 0 unspecified atom stereocenters. The van der Waals surface area contributed by atoms with Crippen molar-refractivity contribution >= 4 is 11.6 Å². The van der Waals surface area contributed by atoms with E-state index in [4.69, 9.17) is 17.3 Å². The molecule has 0 bridgehead atoms. The van der Waals surface area contributed by atoms with Gasteiger partial charge >= 0.3 is 0 Å². The fourth-order valence-corrected chi connectivity index (χ4v) is 2.41. The fraction of sp³-hybridized carbons (Fsp3) is 0.455. The molecule has 1 atom stereocenters. The average molecular weight is 196 g/mol. The molecule has 13 heavy (non-hydrogen) atoms. The summed E-state index contributed by atoms with van der Waals surface area (Å²) in [6.07, 6.45) is 1.02. The van der Waals surface area contributed by atoms with Crippen LogP contribution in [0, 0.1) is 0 Å². The molecule has 0 amide bonds. The monoisotopic (exact) mass is 195 g/mol. The quantitative estimate of drug-likeness (QED) is 0.677. The number of benzene rings is 1. The van der Waals surface area contributed by atoms with E-state index in [1.807, 2.05) is 12.1 Å². The minimum atomic E-state index is 0.156. The number of hydrogen-bond donors (Lipinski definition) is 1. The largest absolute Gasteiger partial charge is 0.324 e. The number of fused-ring (bicyclic) bond motifs is 1. The molecule has 0 fully saturated rings. The summed E-state index contributed by atoms with van der Waals surface area (Å²) in [5.41, 5.74) is 8.81. The molecule has 1 aromatic rings. The van der Waals surface area contributed by atoms with Gasteiger partial charge in [-0.3, -0.25) is 0 Å². The Kier molecular flexibility index (Phi) is 1.90. The van der Waals surface area contributed by atoms with Crippen LogP contribution >= 0.6 is 11.6 Å². The van der Waals surface area contributed by atoms with E-state index < -0.39 is 0 Å². The Hall–Kier alpha value is -0.530. The van der Waals surface area contributed by atoms with E-state index in [0.29, 0.717) is 0 Å². The van der Waals surface area contributed by atoms with Crippen LogP contribution < -0.4 is 5.73 Å². The molecule has 70 valence electrons. The summed E-state index contributed by atoms with van der Waals surface area (Å²) in [4.78, 5) is 0. The first-order valence-electron chi connectivity index (χ1n) is 4.56. The maximum atomic E-state index is 6.03. The highest BCUT2D eigenvalue weighted by molar-refractivity contribution is 6.30. The van der Waals surface area contributed by atoms with Gasteiger partial charge in [-0.25, -0.2) is 0 Å². The van der Waals surface area contributed by atoms with Crippen LogP contribution in [0.1, 0.15) is 37.4 Å². The normalized spacial score (nSPS) is 24.5. The highest BCUT2D eigenvalue weighted by atomic mass is 35.5. The van der Waals surface area contributed by atoms with Gasteiger partial charge in [-0.05, 0) is 35.1 Å². The van der Waals surface area contributed by atoms with E-state index in [1.165, 1.54) is 11.1 Å². The lowest BCUT2D eigenvalue weighted by Gasteiger charge is -2.18. The molecule has 0 saturated heterocycles. The van der Waals surface area contributed by atoms with Crippen LogP contribution in [0.3, 0.4) is 0 Å². The van der Waals surface area contributed by atoms with Gasteiger partial charge in [-0.1, -0.05) is 31.5 Å². The molecule has 1 aliphatic rings. The molecular formula is C11H14ClN. The summed E-state index contributed by atoms with van der Waals surface area (Å²) >= 11 is 5.93. The van der Waals surface area contributed by atoms with Gasteiger partial charge in [0.15, 0.2) is 0 Å². The molecular weight excluding hydrogens is 182 g/mol. The Morgan fingerprint density at radius 2 is 2.15 bits per heavy atom. The van der Waals surface area contributed by atoms with Gasteiger partial charge in [0.05, 0.1) is 0 Å². The van der Waals surface area contributed by atoms with Gasteiger partial charge in [0.25, 0.3) is 0 Å². The molecule has 2 N–H and O–H groups in total. The summed E-state index contributed by atoms with van der Waals surface area (Å²) in [5.74, 6) is 0. The van der Waals surface area contributed by atoms with E-state index in [9.17, 15) is 0 Å². The predicted octanol–water partition coefficient (Wildman–Crippen LogP) is 3.02. The van der Waals surface area contributed by atoms with Crippen LogP contribution in [0.15, 0.2) is 18.2 Å². The van der Waals surface area contributed by atoms with Crippen molar-refractivity contribution in [2.24, 2.45) is 5.73 Å². The lowest BCUT2D eigenvalue weighted by atomic mass is 9.86. The van der Waals surface area contributed by atoms with Crippen LogP contribution in [0.25, 0.3) is 0 Å². The van der Waals surface area contributed by atoms with Gasteiger partial charge in [-0.15, -0.1) is 0 Å². The fourth-order valence-electron chi connectivity index (χ4n) is 2.23. The standard InChI is InChI=1S/C11H14ClN/c1-11(2)6-10(13)8-5-7(12)3-4-9(8)11/h3-5,10H,6,13H2,1-2H3/t10-/m1/s1. The van der Waals surface area contributed by atoms with E-state index in [1.54, 1.807) is 0 Å². The van der Waals surface area contributed by atoms with Crippen LogP contribution in [0.2, 0.25) is 5.02 Å². The topological polar surface area (TPSA) is 26.0 Å². The molecule has 1 nitrogen and oxygen atoms in total. The van der Waals surface area contributed by atoms with Gasteiger partial charge in [0.2, 0.25) is 0 Å². The second-order valence-electron chi connectivity index (χ2n) is 4.43. The maximum Gasteiger partial charge on any atom is 0.0409 e. The summed E-state index contributed by atoms with van der Waals surface area (Å²) < 4.78 is 0.